The number of aromatic nitrogens is 10. The van der Waals surface area contributed by atoms with Crippen LogP contribution in [0.25, 0.3) is 76.8 Å². The van der Waals surface area contributed by atoms with Crippen LogP contribution in [0.15, 0.2) is 353 Å². The number of hydrogen-bond donors (Lipinski definition) is 0. The van der Waals surface area contributed by atoms with Crippen molar-refractivity contribution in [2.45, 2.75) is 321 Å². The number of benzene rings is 5. The smallest absolute Gasteiger partial charge is 0.202 e. The first-order chi connectivity index (χ1) is 72.1. The van der Waals surface area contributed by atoms with E-state index in [1.54, 1.807) is 78.0 Å². The van der Waals surface area contributed by atoms with Crippen molar-refractivity contribution in [2.75, 3.05) is 0 Å². The second-order valence-corrected chi connectivity index (χ2v) is 43.0. The van der Waals surface area contributed by atoms with Gasteiger partial charge in [-0.1, -0.05) is 170 Å². The molecule has 0 fully saturated rings. The molecule has 0 bridgehead atoms. The van der Waals surface area contributed by atoms with E-state index in [1.807, 2.05) is 41.5 Å². The molecule has 14 aliphatic rings. The van der Waals surface area contributed by atoms with Gasteiger partial charge in [0, 0.05) is 207 Å². The third-order valence-electron chi connectivity index (χ3n) is 34.8. The summed E-state index contributed by atoms with van der Waals surface area (Å²) in [6, 6.07) is 81.8. The molecule has 20 heterocycles. The average Bonchev–Trinajstić information content (AvgIpc) is 1.18. The molecule has 15 aromatic rings. The molecule has 10 nitrogen and oxygen atoms in total. The maximum atomic E-state index is 2.57. The highest BCUT2D eigenvalue weighted by molar-refractivity contribution is 5.90. The van der Waals surface area contributed by atoms with Gasteiger partial charge in [-0.3, -0.25) is 0 Å². The Balaban J connectivity index is 0.000000106. The number of nitrogens with zero attached hydrogens (tertiary/aromatic N) is 10. The van der Waals surface area contributed by atoms with E-state index in [9.17, 15) is 0 Å². The fraction of sp³-hybridized carbons (Fsp3) is 0.358. The van der Waals surface area contributed by atoms with E-state index in [-0.39, 0.29) is 0 Å². The molecule has 6 atom stereocenters. The molecular weight excluding hydrogens is 1790 g/mol. The minimum absolute atomic E-state index is 0.446. The first-order valence-electron chi connectivity index (χ1n) is 56.5. The predicted molar refractivity (Wildman–Crippen MR) is 599 cm³/mol. The molecule has 5 aromatic carbocycles. The second-order valence-electron chi connectivity index (χ2n) is 43.0. The van der Waals surface area contributed by atoms with Gasteiger partial charge in [-0.05, 0) is 228 Å². The number of fused-ring (bicyclic) bond motifs is 39. The number of pyridine rings is 10. The highest BCUT2D eigenvalue weighted by Crippen LogP contribution is 2.57. The van der Waals surface area contributed by atoms with E-state index in [4.69, 9.17) is 0 Å². The van der Waals surface area contributed by atoms with E-state index in [0.717, 1.165) is 97.6 Å². The monoisotopic (exact) mass is 1940 g/mol. The van der Waals surface area contributed by atoms with Gasteiger partial charge in [-0.2, -0.15) is 22.8 Å². The molecule has 0 N–H and O–H groups in total. The normalized spacial score (nSPS) is 19.5. The van der Waals surface area contributed by atoms with Crippen LogP contribution >= 0.6 is 0 Å². The van der Waals surface area contributed by atoms with Crippen LogP contribution in [0.1, 0.15) is 293 Å². The maximum absolute atomic E-state index is 2.57. The lowest BCUT2D eigenvalue weighted by atomic mass is 9.65. The Bertz CT molecular complexity index is 7850. The largest absolute Gasteiger partial charge is 0.213 e. The van der Waals surface area contributed by atoms with Crippen LogP contribution in [0.3, 0.4) is 0 Å². The van der Waals surface area contributed by atoms with Crippen LogP contribution in [0, 0.1) is 34.6 Å². The van der Waals surface area contributed by atoms with E-state index >= 15 is 0 Å². The summed E-state index contributed by atoms with van der Waals surface area (Å²) in [6.45, 7) is 47.9. The van der Waals surface area contributed by atoms with E-state index in [1.165, 1.54) is 221 Å². The standard InChI is InChI=1S/C28H30N2.2C27H28N2.C25H24N2.C21H20N2.C3H8.3C2H6/c1-20-12-15-29-13-4-8-21-10-11-22-9-5-14-30-19-24-7-3-2-6-23(24)17-28(30)26(22)18-25(21)27(29)16-20;1-17-7-6-10-24-25-21(13-16-29(17)24)18(2)19(3)22-12-15-28-14-11-20-8-4-5-9-23(20)27(28)26(22)25;1-17-8-12-28-14-10-21-18(2)19(3)22-11-15-29-13-9-20-6-4-5-7-23(20)27(29)26(22)25(21)24(28)16-17;1-17-8-12-26-13-10-19-6-7-20-11-15-27-14-9-18-4-2-3-5-21(18)25(27)24(20)23(19)22(26)16-17;1-15-7-11-23-13-9-17-6-5-16-8-12-22-10-3-2-4-18(22)20(16)21(17)19(23)14-15;1-3-2;3*1-2/h2-3,6-7,12,15-17,19H,4-5,8-11,13-14,18H2,1H3;4-11,14,25-26H,12-13,15-16H2,1-3H3;4-9,12-13,16,25-26H,10-11,14-15H2,1-3H3;2-9,12,14,16,23-24H,10-11,13,15H2,1H3;2-7,10-11,14H,8-9,12-13H2,1H3;3H2,1-2H3;3*1-2H3/q5*+2;;;;. The Morgan fingerprint density at radius 1 is 0.259 bits per heavy atom. The fourth-order valence-corrected chi connectivity index (χ4v) is 27.8. The Kier molecular flexibility index (Phi) is 29.2. The van der Waals surface area contributed by atoms with E-state index < -0.39 is 0 Å². The van der Waals surface area contributed by atoms with Gasteiger partial charge in [-0.15, -0.1) is 0 Å². The molecule has 147 heavy (non-hydrogen) atoms. The molecule has 0 saturated carbocycles. The quantitative estimate of drug-likeness (QED) is 0.136. The van der Waals surface area contributed by atoms with Gasteiger partial charge in [0.1, 0.15) is 13.1 Å². The van der Waals surface area contributed by atoms with E-state index in [2.05, 4.69) is 408 Å². The third kappa shape index (κ3) is 18.5. The summed E-state index contributed by atoms with van der Waals surface area (Å²) in [4.78, 5) is 0. The van der Waals surface area contributed by atoms with Crippen molar-refractivity contribution in [3.05, 3.63) is 438 Å². The van der Waals surface area contributed by atoms with Crippen LogP contribution in [0.2, 0.25) is 0 Å². The molecule has 10 aromatic heterocycles. The van der Waals surface area contributed by atoms with Crippen LogP contribution in [-0.4, -0.2) is 0 Å². The molecule has 0 saturated heterocycles. The molecular formula is C137H156N10+10. The Morgan fingerprint density at radius 2 is 0.639 bits per heavy atom. The summed E-state index contributed by atoms with van der Waals surface area (Å²) in [5.74, 6) is 2.73. The van der Waals surface area contributed by atoms with Crippen molar-refractivity contribution in [3.8, 4) is 22.5 Å². The van der Waals surface area contributed by atoms with Crippen molar-refractivity contribution in [1.29, 1.82) is 0 Å². The number of rotatable bonds is 0. The van der Waals surface area contributed by atoms with Crippen LogP contribution in [0.4, 0.5) is 0 Å². The minimum atomic E-state index is 0.446. The van der Waals surface area contributed by atoms with Gasteiger partial charge in [0.05, 0.1) is 46.6 Å². The van der Waals surface area contributed by atoms with Crippen molar-refractivity contribution >= 4 is 54.2 Å². The van der Waals surface area contributed by atoms with Gasteiger partial charge in [-0.25, -0.2) is 22.8 Å². The van der Waals surface area contributed by atoms with Gasteiger partial charge in [0.2, 0.25) is 22.8 Å². The van der Waals surface area contributed by atoms with Crippen molar-refractivity contribution in [2.24, 2.45) is 0 Å². The fourth-order valence-electron chi connectivity index (χ4n) is 27.8. The Morgan fingerprint density at radius 3 is 1.18 bits per heavy atom. The van der Waals surface area contributed by atoms with Crippen molar-refractivity contribution in [3.63, 3.8) is 0 Å². The van der Waals surface area contributed by atoms with Crippen molar-refractivity contribution < 1.29 is 45.7 Å². The Labute approximate surface area is 875 Å². The van der Waals surface area contributed by atoms with Gasteiger partial charge in [0.25, 0.3) is 0 Å². The zero-order valence-electron chi connectivity index (χ0n) is 91.0. The number of allylic oxidation sites excluding steroid dienone is 16. The summed E-state index contributed by atoms with van der Waals surface area (Å²) >= 11 is 0. The zero-order valence-corrected chi connectivity index (χ0v) is 91.0. The number of hydrogen-bond acceptors (Lipinski definition) is 0. The Hall–Kier alpha value is -13.4. The first-order valence-corrected chi connectivity index (χ1v) is 56.5. The summed E-state index contributed by atoms with van der Waals surface area (Å²) in [5.41, 5.74) is 50.2. The van der Waals surface area contributed by atoms with Crippen LogP contribution < -0.4 is 45.7 Å². The molecule has 10 aliphatic heterocycles. The predicted octanol–water partition coefficient (Wildman–Crippen LogP) is 27.6. The van der Waals surface area contributed by atoms with Gasteiger partial charge >= 0.3 is 0 Å². The highest BCUT2D eigenvalue weighted by atomic mass is 15.1. The first kappa shape index (κ1) is 99.5. The van der Waals surface area contributed by atoms with Crippen LogP contribution in [0.5, 0.6) is 0 Å². The van der Waals surface area contributed by atoms with Gasteiger partial charge in [0.15, 0.2) is 148 Å². The SMILES string of the molecule is CC.CC.CC.CC1=C2CC[n+]3ccc(C)cc3C2C2C(=C1C)CC[n+]1ccc3ccccc3c12.CC1=C2CC[n+]3ccc4ccccc4c3C2C2C(=C1C)CC[n+]1c(C)cccc12.CCC.Cc1cc[n+]2c(c1)-c1c(ccc3c1-c1cccc[n+]1CC3)CC2.Cc1cc[n+]2c(c1)C1=C(CCC2)CCC2=C(C1)c1cc3ccccc3c[n+]1CCC2.Cc1cc[n+]2c(c1)C1C(=CC=C3CC[n+]4ccc5ccccc5c4C31)CC2. The summed E-state index contributed by atoms with van der Waals surface area (Å²) < 4.78 is 25.0. The molecule has 4 aliphatic carbocycles. The molecule has 10 heteroatoms. The average molecular weight is 1940 g/mol. The molecule has 29 rings (SSSR count). The second kappa shape index (κ2) is 43.2. The summed E-state index contributed by atoms with van der Waals surface area (Å²) in [7, 11) is 0. The minimum Gasteiger partial charge on any atom is -0.202 e. The van der Waals surface area contributed by atoms with Gasteiger partial charge < -0.3 is 0 Å². The lowest BCUT2D eigenvalue weighted by Crippen LogP contribution is -2.51. The molecule has 0 amide bonds. The lowest BCUT2D eigenvalue weighted by molar-refractivity contribution is -0.718. The van der Waals surface area contributed by atoms with E-state index in [0.29, 0.717) is 35.5 Å². The molecule has 0 spiro atoms. The highest BCUT2D eigenvalue weighted by Gasteiger charge is 2.53. The maximum Gasteiger partial charge on any atom is 0.213 e. The van der Waals surface area contributed by atoms with Crippen molar-refractivity contribution in [1.82, 2.24) is 0 Å². The molecule has 744 valence electrons. The van der Waals surface area contributed by atoms with Crippen LogP contribution in [-0.2, 0) is 78.3 Å². The summed E-state index contributed by atoms with van der Waals surface area (Å²) in [6.07, 6.45) is 44.7. The zero-order chi connectivity index (χ0) is 102. The third-order valence-corrected chi connectivity index (χ3v) is 34.8. The topological polar surface area (TPSA) is 38.8 Å². The molecule has 6 unspecified atom stereocenters. The number of aryl methyl sites for hydroxylation is 16. The summed E-state index contributed by atoms with van der Waals surface area (Å²) in [5, 5.41) is 11.1. The lowest BCUT2D eigenvalue weighted by Gasteiger charge is -2.39. The molecule has 0 radical (unpaired) electrons.